The molecule has 0 heterocycles. The van der Waals surface area contributed by atoms with Gasteiger partial charge in [0.05, 0.1) is 6.61 Å². The number of hydrogen-bond donors (Lipinski definition) is 1. The number of carbonyl (C=O) groups is 1. The van der Waals surface area contributed by atoms with Crippen molar-refractivity contribution in [2.75, 3.05) is 6.61 Å². The number of carboxylic acid groups (broad SMARTS) is 1. The average molecular weight is 206 g/mol. The molecule has 3 nitrogen and oxygen atoms in total. The fraction of sp³-hybridized carbons (Fsp3) is 0.250. The van der Waals surface area contributed by atoms with Gasteiger partial charge in [-0.2, -0.15) is 0 Å². The Morgan fingerprint density at radius 1 is 1.53 bits per heavy atom. The first-order valence-corrected chi connectivity index (χ1v) is 4.78. The number of carboxylic acids is 1. The van der Waals surface area contributed by atoms with Gasteiger partial charge >= 0.3 is 5.97 Å². The van der Waals surface area contributed by atoms with Crippen molar-refractivity contribution in [1.82, 2.24) is 0 Å². The highest BCUT2D eigenvalue weighted by Crippen LogP contribution is 2.18. The summed E-state index contributed by atoms with van der Waals surface area (Å²) < 4.78 is 5.33. The Labute approximate surface area is 89.0 Å². The summed E-state index contributed by atoms with van der Waals surface area (Å²) in [5.41, 5.74) is 1.89. The monoisotopic (exact) mass is 206 g/mol. The molecule has 1 aromatic carbocycles. The van der Waals surface area contributed by atoms with Crippen molar-refractivity contribution in [3.63, 3.8) is 0 Å². The highest BCUT2D eigenvalue weighted by molar-refractivity contribution is 5.85. The molecule has 0 saturated carbocycles. The first-order valence-electron chi connectivity index (χ1n) is 4.78. The maximum Gasteiger partial charge on any atom is 0.328 e. The lowest BCUT2D eigenvalue weighted by Crippen LogP contribution is -1.92. The summed E-state index contributed by atoms with van der Waals surface area (Å²) in [6.45, 7) is 4.47. The van der Waals surface area contributed by atoms with E-state index in [1.54, 1.807) is 6.08 Å². The molecule has 0 radical (unpaired) electrons. The molecular formula is C12H14O3. The van der Waals surface area contributed by atoms with Gasteiger partial charge in [-0.1, -0.05) is 6.07 Å². The molecule has 0 spiro atoms. The first-order chi connectivity index (χ1) is 7.13. The van der Waals surface area contributed by atoms with E-state index in [9.17, 15) is 4.79 Å². The van der Waals surface area contributed by atoms with E-state index in [2.05, 4.69) is 0 Å². The third-order valence-electron chi connectivity index (χ3n) is 1.96. The zero-order chi connectivity index (χ0) is 11.3. The number of hydrogen-bond acceptors (Lipinski definition) is 2. The molecule has 15 heavy (non-hydrogen) atoms. The van der Waals surface area contributed by atoms with E-state index in [0.717, 1.165) is 23.0 Å². The molecule has 0 saturated heterocycles. The summed E-state index contributed by atoms with van der Waals surface area (Å²) in [6.07, 6.45) is 2.70. The first kappa shape index (κ1) is 11.3. The quantitative estimate of drug-likeness (QED) is 0.770. The van der Waals surface area contributed by atoms with Crippen LogP contribution in [0, 0.1) is 6.92 Å². The molecule has 1 N–H and O–H groups in total. The second kappa shape index (κ2) is 5.20. The Balaban J connectivity index is 2.88. The van der Waals surface area contributed by atoms with Crippen LogP contribution in [0.15, 0.2) is 24.3 Å². The smallest absolute Gasteiger partial charge is 0.328 e. The number of aryl methyl sites for hydroxylation is 1. The van der Waals surface area contributed by atoms with E-state index in [0.29, 0.717) is 6.61 Å². The molecule has 0 amide bonds. The van der Waals surface area contributed by atoms with Crippen molar-refractivity contribution in [2.45, 2.75) is 13.8 Å². The third-order valence-corrected chi connectivity index (χ3v) is 1.96. The molecule has 0 aliphatic carbocycles. The van der Waals surface area contributed by atoms with Gasteiger partial charge in [0.15, 0.2) is 0 Å². The zero-order valence-electron chi connectivity index (χ0n) is 8.86. The van der Waals surface area contributed by atoms with E-state index in [1.165, 1.54) is 0 Å². The highest BCUT2D eigenvalue weighted by atomic mass is 16.5. The van der Waals surface area contributed by atoms with E-state index < -0.39 is 5.97 Å². The lowest BCUT2D eigenvalue weighted by molar-refractivity contribution is -0.131. The minimum absolute atomic E-state index is 0.629. The molecule has 80 valence electrons. The normalized spacial score (nSPS) is 10.5. The van der Waals surface area contributed by atoms with Gasteiger partial charge in [-0.15, -0.1) is 0 Å². The van der Waals surface area contributed by atoms with Crippen LogP contribution in [0.5, 0.6) is 5.75 Å². The van der Waals surface area contributed by atoms with Crippen molar-refractivity contribution in [2.24, 2.45) is 0 Å². The molecule has 0 bridgehead atoms. The standard InChI is InChI=1S/C12H14O3/c1-3-15-11-6-4-10(9(2)8-11)5-7-12(13)14/h4-8H,3H2,1-2H3,(H,13,14). The van der Waals surface area contributed by atoms with Crippen LogP contribution in [0.1, 0.15) is 18.1 Å². The Morgan fingerprint density at radius 3 is 2.80 bits per heavy atom. The maximum atomic E-state index is 10.3. The van der Waals surface area contributed by atoms with E-state index in [4.69, 9.17) is 9.84 Å². The van der Waals surface area contributed by atoms with Gasteiger partial charge in [0.2, 0.25) is 0 Å². The minimum Gasteiger partial charge on any atom is -0.494 e. The number of benzene rings is 1. The van der Waals surface area contributed by atoms with Crippen molar-refractivity contribution in [3.05, 3.63) is 35.4 Å². The predicted molar refractivity (Wildman–Crippen MR) is 59.0 cm³/mol. The predicted octanol–water partition coefficient (Wildman–Crippen LogP) is 2.49. The molecule has 0 fully saturated rings. The Morgan fingerprint density at radius 2 is 2.27 bits per heavy atom. The van der Waals surface area contributed by atoms with Gasteiger partial charge in [-0.3, -0.25) is 0 Å². The van der Waals surface area contributed by atoms with E-state index in [-0.39, 0.29) is 0 Å². The lowest BCUT2D eigenvalue weighted by Gasteiger charge is -2.05. The van der Waals surface area contributed by atoms with Crippen LogP contribution in [-0.2, 0) is 4.79 Å². The van der Waals surface area contributed by atoms with Crippen LogP contribution in [0.2, 0.25) is 0 Å². The largest absolute Gasteiger partial charge is 0.494 e. The summed E-state index contributed by atoms with van der Waals surface area (Å²) in [4.78, 5) is 10.3. The molecule has 0 atom stereocenters. The van der Waals surface area contributed by atoms with Gasteiger partial charge in [0.1, 0.15) is 5.75 Å². The van der Waals surface area contributed by atoms with E-state index >= 15 is 0 Å². The zero-order valence-corrected chi connectivity index (χ0v) is 8.86. The lowest BCUT2D eigenvalue weighted by atomic mass is 10.1. The molecule has 1 rings (SSSR count). The Kier molecular flexibility index (Phi) is 3.92. The van der Waals surface area contributed by atoms with Crippen LogP contribution in [0.25, 0.3) is 6.08 Å². The highest BCUT2D eigenvalue weighted by Gasteiger charge is 1.98. The summed E-state index contributed by atoms with van der Waals surface area (Å²) >= 11 is 0. The Bertz CT molecular complexity index is 380. The number of ether oxygens (including phenoxy) is 1. The third kappa shape index (κ3) is 3.46. The molecule has 0 aromatic heterocycles. The Hall–Kier alpha value is -1.77. The van der Waals surface area contributed by atoms with Crippen LogP contribution in [-0.4, -0.2) is 17.7 Å². The van der Waals surface area contributed by atoms with Gasteiger partial charge in [-0.25, -0.2) is 4.79 Å². The second-order valence-corrected chi connectivity index (χ2v) is 3.12. The average Bonchev–Trinajstić information content (AvgIpc) is 2.17. The van der Waals surface area contributed by atoms with Crippen LogP contribution < -0.4 is 4.74 Å². The molecule has 3 heteroatoms. The molecule has 0 aliphatic heterocycles. The number of rotatable bonds is 4. The summed E-state index contributed by atoms with van der Waals surface area (Å²) in [5.74, 6) is -0.134. The van der Waals surface area contributed by atoms with Crippen molar-refractivity contribution < 1.29 is 14.6 Å². The fourth-order valence-corrected chi connectivity index (χ4v) is 1.25. The SMILES string of the molecule is CCOc1ccc(C=CC(=O)O)c(C)c1. The summed E-state index contributed by atoms with van der Waals surface area (Å²) in [5, 5.41) is 8.49. The van der Waals surface area contributed by atoms with Crippen molar-refractivity contribution in [1.29, 1.82) is 0 Å². The van der Waals surface area contributed by atoms with Gasteiger partial charge in [-0.05, 0) is 43.2 Å². The maximum absolute atomic E-state index is 10.3. The number of aliphatic carboxylic acids is 1. The van der Waals surface area contributed by atoms with Crippen LogP contribution in [0.4, 0.5) is 0 Å². The van der Waals surface area contributed by atoms with Crippen LogP contribution in [0.3, 0.4) is 0 Å². The molecule has 0 unspecified atom stereocenters. The molecule has 1 aromatic rings. The van der Waals surface area contributed by atoms with Crippen LogP contribution >= 0.6 is 0 Å². The molecule has 0 aliphatic rings. The van der Waals surface area contributed by atoms with Gasteiger partial charge < -0.3 is 9.84 Å². The van der Waals surface area contributed by atoms with Gasteiger partial charge in [0.25, 0.3) is 0 Å². The summed E-state index contributed by atoms with van der Waals surface area (Å²) in [6, 6.07) is 5.57. The fourth-order valence-electron chi connectivity index (χ4n) is 1.25. The summed E-state index contributed by atoms with van der Waals surface area (Å²) in [7, 11) is 0. The van der Waals surface area contributed by atoms with Gasteiger partial charge in [0, 0.05) is 6.08 Å². The topological polar surface area (TPSA) is 46.5 Å². The second-order valence-electron chi connectivity index (χ2n) is 3.12. The van der Waals surface area contributed by atoms with E-state index in [1.807, 2.05) is 32.0 Å². The molecular weight excluding hydrogens is 192 g/mol. The minimum atomic E-state index is -0.941. The van der Waals surface area contributed by atoms with Crippen molar-refractivity contribution >= 4 is 12.0 Å². The van der Waals surface area contributed by atoms with Crippen molar-refractivity contribution in [3.8, 4) is 5.75 Å².